The van der Waals surface area contributed by atoms with Crippen LogP contribution in [-0.2, 0) is 21.7 Å². The number of amides is 4. The third-order valence-corrected chi connectivity index (χ3v) is 5.64. The van der Waals surface area contributed by atoms with E-state index in [-0.39, 0.29) is 0 Å². The number of rotatable bonds is 7. The molecule has 0 aromatic heterocycles. The van der Waals surface area contributed by atoms with Gasteiger partial charge < -0.3 is 15.4 Å². The number of benzene rings is 3. The molecule has 8 heteroatoms. The molecule has 4 rings (SSSR count). The monoisotopic (exact) mass is 463 g/mol. The molecular formula is C25H22ClN3O4. The average molecular weight is 464 g/mol. The van der Waals surface area contributed by atoms with E-state index in [1.165, 1.54) is 0 Å². The molecule has 168 valence electrons. The molecule has 1 unspecified atom stereocenters. The quantitative estimate of drug-likeness (QED) is 0.511. The lowest BCUT2D eigenvalue weighted by Crippen LogP contribution is -2.42. The fourth-order valence-electron chi connectivity index (χ4n) is 3.54. The number of imide groups is 1. The molecule has 3 aromatic carbocycles. The second-order valence-electron chi connectivity index (χ2n) is 7.80. The SMILES string of the molecule is CC1(c2ccc(Cl)cc2)NC(=O)N(CC(=O)Nc2ccc(OCc3ccccc3)cc2)C1=O. The van der Waals surface area contributed by atoms with Gasteiger partial charge in [0.2, 0.25) is 5.91 Å². The van der Waals surface area contributed by atoms with Crippen LogP contribution in [-0.4, -0.2) is 29.3 Å². The molecule has 0 radical (unpaired) electrons. The van der Waals surface area contributed by atoms with Crippen molar-refractivity contribution in [2.75, 3.05) is 11.9 Å². The van der Waals surface area contributed by atoms with Gasteiger partial charge in [0.15, 0.2) is 0 Å². The zero-order valence-corrected chi connectivity index (χ0v) is 18.6. The fraction of sp³-hybridized carbons (Fsp3) is 0.160. The molecular weight excluding hydrogens is 442 g/mol. The summed E-state index contributed by atoms with van der Waals surface area (Å²) in [6.07, 6.45) is 0. The van der Waals surface area contributed by atoms with Crippen molar-refractivity contribution in [1.29, 1.82) is 0 Å². The van der Waals surface area contributed by atoms with Crippen LogP contribution in [0.2, 0.25) is 5.02 Å². The molecule has 1 saturated heterocycles. The third kappa shape index (κ3) is 4.99. The zero-order valence-electron chi connectivity index (χ0n) is 17.9. The van der Waals surface area contributed by atoms with Crippen molar-refractivity contribution in [2.45, 2.75) is 19.1 Å². The third-order valence-electron chi connectivity index (χ3n) is 5.38. The van der Waals surface area contributed by atoms with Gasteiger partial charge in [-0.15, -0.1) is 0 Å². The molecule has 3 aromatic rings. The van der Waals surface area contributed by atoms with Gasteiger partial charge in [-0.1, -0.05) is 54.1 Å². The average Bonchev–Trinajstić information content (AvgIpc) is 3.03. The van der Waals surface area contributed by atoms with Gasteiger partial charge in [-0.25, -0.2) is 4.79 Å². The lowest BCUT2D eigenvalue weighted by atomic mass is 9.92. The van der Waals surface area contributed by atoms with Crippen molar-refractivity contribution in [1.82, 2.24) is 10.2 Å². The van der Waals surface area contributed by atoms with Gasteiger partial charge in [0.05, 0.1) is 0 Å². The molecule has 1 aliphatic heterocycles. The summed E-state index contributed by atoms with van der Waals surface area (Å²) in [5.41, 5.74) is 0.896. The first-order chi connectivity index (χ1) is 15.8. The van der Waals surface area contributed by atoms with Gasteiger partial charge >= 0.3 is 6.03 Å². The van der Waals surface area contributed by atoms with E-state index in [2.05, 4.69) is 10.6 Å². The maximum absolute atomic E-state index is 13.0. The van der Waals surface area contributed by atoms with Crippen LogP contribution in [0.15, 0.2) is 78.9 Å². The minimum Gasteiger partial charge on any atom is -0.489 e. The first-order valence-electron chi connectivity index (χ1n) is 10.3. The van der Waals surface area contributed by atoms with E-state index in [1.807, 2.05) is 30.3 Å². The second-order valence-corrected chi connectivity index (χ2v) is 8.24. The summed E-state index contributed by atoms with van der Waals surface area (Å²) in [4.78, 5) is 38.8. The Morgan fingerprint density at radius 1 is 1.00 bits per heavy atom. The van der Waals surface area contributed by atoms with Crippen molar-refractivity contribution >= 4 is 35.1 Å². The summed E-state index contributed by atoms with van der Waals surface area (Å²) < 4.78 is 5.73. The Morgan fingerprint density at radius 2 is 1.67 bits per heavy atom. The van der Waals surface area contributed by atoms with Gasteiger partial charge in [-0.3, -0.25) is 14.5 Å². The minimum absolute atomic E-state index is 0.403. The summed E-state index contributed by atoms with van der Waals surface area (Å²) in [5.74, 6) is -0.337. The number of ether oxygens (including phenoxy) is 1. The maximum atomic E-state index is 13.0. The molecule has 0 bridgehead atoms. The number of hydrogen-bond acceptors (Lipinski definition) is 4. The standard InChI is InChI=1S/C25H22ClN3O4/c1-25(18-7-9-19(26)10-8-18)23(31)29(24(32)28-25)15-22(30)27-20-11-13-21(14-12-20)33-16-17-5-3-2-4-6-17/h2-14H,15-16H2,1H3,(H,27,30)(H,28,32). The highest BCUT2D eigenvalue weighted by atomic mass is 35.5. The zero-order chi connectivity index (χ0) is 23.4. The summed E-state index contributed by atoms with van der Waals surface area (Å²) in [7, 11) is 0. The van der Waals surface area contributed by atoms with E-state index in [1.54, 1.807) is 55.5 Å². The molecule has 1 aliphatic rings. The summed E-state index contributed by atoms with van der Waals surface area (Å²) >= 11 is 5.92. The van der Waals surface area contributed by atoms with E-state index in [0.717, 1.165) is 10.5 Å². The van der Waals surface area contributed by atoms with Crippen molar-refractivity contribution < 1.29 is 19.1 Å². The van der Waals surface area contributed by atoms with E-state index in [0.29, 0.717) is 28.6 Å². The van der Waals surface area contributed by atoms with Gasteiger partial charge in [0.1, 0.15) is 24.4 Å². The summed E-state index contributed by atoms with van der Waals surface area (Å²) in [6.45, 7) is 1.63. The predicted molar refractivity (Wildman–Crippen MR) is 125 cm³/mol. The predicted octanol–water partition coefficient (Wildman–Crippen LogP) is 4.32. The number of urea groups is 1. The molecule has 1 heterocycles. The molecule has 2 N–H and O–H groups in total. The number of carbonyl (C=O) groups excluding carboxylic acids is 3. The Hall–Kier alpha value is -3.84. The normalized spacial score (nSPS) is 17.6. The van der Waals surface area contributed by atoms with Crippen LogP contribution in [0.5, 0.6) is 5.75 Å². The topological polar surface area (TPSA) is 87.7 Å². The lowest BCUT2D eigenvalue weighted by Gasteiger charge is -2.22. The molecule has 33 heavy (non-hydrogen) atoms. The van der Waals surface area contributed by atoms with E-state index < -0.39 is 29.9 Å². The first kappa shape index (κ1) is 22.4. The van der Waals surface area contributed by atoms with Crippen LogP contribution < -0.4 is 15.4 Å². The van der Waals surface area contributed by atoms with Gasteiger partial charge in [-0.05, 0) is 54.4 Å². The number of nitrogens with zero attached hydrogens (tertiary/aromatic N) is 1. The molecule has 1 atom stereocenters. The number of carbonyl (C=O) groups is 3. The van der Waals surface area contributed by atoms with E-state index in [9.17, 15) is 14.4 Å². The largest absolute Gasteiger partial charge is 0.489 e. The van der Waals surface area contributed by atoms with Crippen molar-refractivity contribution in [3.8, 4) is 5.75 Å². The maximum Gasteiger partial charge on any atom is 0.325 e. The number of halogens is 1. The van der Waals surface area contributed by atoms with Crippen LogP contribution in [0.4, 0.5) is 10.5 Å². The van der Waals surface area contributed by atoms with Crippen LogP contribution in [0.3, 0.4) is 0 Å². The van der Waals surface area contributed by atoms with Crippen LogP contribution >= 0.6 is 11.6 Å². The Bertz CT molecular complexity index is 1170. The fourth-order valence-corrected chi connectivity index (χ4v) is 3.66. The molecule has 7 nitrogen and oxygen atoms in total. The highest BCUT2D eigenvalue weighted by Gasteiger charge is 2.49. The van der Waals surface area contributed by atoms with Crippen LogP contribution in [0.25, 0.3) is 0 Å². The summed E-state index contributed by atoms with van der Waals surface area (Å²) in [5, 5.41) is 5.89. The van der Waals surface area contributed by atoms with Gasteiger partial charge in [0.25, 0.3) is 5.91 Å². The van der Waals surface area contributed by atoms with Gasteiger partial charge in [0, 0.05) is 10.7 Å². The van der Waals surface area contributed by atoms with Crippen molar-refractivity contribution in [3.63, 3.8) is 0 Å². The Morgan fingerprint density at radius 3 is 2.33 bits per heavy atom. The van der Waals surface area contributed by atoms with Crippen LogP contribution in [0.1, 0.15) is 18.1 Å². The molecule has 0 aliphatic carbocycles. The molecule has 0 spiro atoms. The van der Waals surface area contributed by atoms with E-state index >= 15 is 0 Å². The number of anilines is 1. The molecule has 4 amide bonds. The molecule has 0 saturated carbocycles. The minimum atomic E-state index is -1.26. The van der Waals surface area contributed by atoms with Crippen molar-refractivity contribution in [3.05, 3.63) is 95.0 Å². The molecule has 1 fully saturated rings. The smallest absolute Gasteiger partial charge is 0.325 e. The lowest BCUT2D eigenvalue weighted by molar-refractivity contribution is -0.133. The van der Waals surface area contributed by atoms with Crippen molar-refractivity contribution in [2.24, 2.45) is 0 Å². The van der Waals surface area contributed by atoms with E-state index in [4.69, 9.17) is 16.3 Å². The summed E-state index contributed by atoms with van der Waals surface area (Å²) in [6, 6.07) is 22.7. The van der Waals surface area contributed by atoms with Gasteiger partial charge in [-0.2, -0.15) is 0 Å². The highest BCUT2D eigenvalue weighted by Crippen LogP contribution is 2.29. The number of nitrogens with one attached hydrogen (secondary N) is 2. The Kier molecular flexibility index (Phi) is 6.33. The second kappa shape index (κ2) is 9.34. The Balaban J connectivity index is 1.35. The first-order valence-corrected chi connectivity index (χ1v) is 10.7. The highest BCUT2D eigenvalue weighted by molar-refractivity contribution is 6.30. The Labute approximate surface area is 196 Å². The van der Waals surface area contributed by atoms with Crippen LogP contribution in [0, 0.1) is 0 Å². The number of hydrogen-bond donors (Lipinski definition) is 2.